The highest BCUT2D eigenvalue weighted by molar-refractivity contribution is 5.79. The minimum Gasteiger partial charge on any atom is -0.356 e. The maximum absolute atomic E-state index is 11.9. The molecule has 0 aliphatic heterocycles. The first-order valence-corrected chi connectivity index (χ1v) is 8.14. The number of nitrogens with zero attached hydrogens (tertiary/aromatic N) is 2. The van der Waals surface area contributed by atoms with Gasteiger partial charge in [-0.25, -0.2) is 0 Å². The van der Waals surface area contributed by atoms with Crippen LogP contribution in [0.2, 0.25) is 0 Å². The monoisotopic (exact) mass is 343 g/mol. The average Bonchev–Trinajstić information content (AvgIpc) is 2.57. The largest absolute Gasteiger partial charge is 0.356 e. The maximum Gasteiger partial charge on any atom is 0.273 e. The molecule has 1 N–H and O–H groups in total. The molecule has 1 heterocycles. The standard InChI is InChI=1S/C18H21N3O4/c1-14-7-6-10-18(23)20(14)12-5-4-11-19-17(22)13-15-8-2-3-9-16(15)21(24)25/h2-3,6-10H,4-5,11-13H2,1H3,(H,19,22). The minimum atomic E-state index is -0.484. The lowest BCUT2D eigenvalue weighted by atomic mass is 10.1. The summed E-state index contributed by atoms with van der Waals surface area (Å²) in [5, 5.41) is 13.7. The first kappa shape index (κ1) is 18.4. The minimum absolute atomic E-state index is 0.0194. The lowest BCUT2D eigenvalue weighted by molar-refractivity contribution is -0.385. The topological polar surface area (TPSA) is 94.2 Å². The number of benzene rings is 1. The molecule has 0 unspecified atom stereocenters. The van der Waals surface area contributed by atoms with E-state index in [-0.39, 0.29) is 23.6 Å². The van der Waals surface area contributed by atoms with Crippen LogP contribution < -0.4 is 10.9 Å². The SMILES string of the molecule is Cc1cccc(=O)n1CCCCNC(=O)Cc1ccccc1[N+](=O)[O-]. The number of carbonyl (C=O) groups excluding carboxylic acids is 1. The number of nitrogens with one attached hydrogen (secondary N) is 1. The fourth-order valence-electron chi connectivity index (χ4n) is 2.61. The first-order valence-electron chi connectivity index (χ1n) is 8.14. The lowest BCUT2D eigenvalue weighted by Gasteiger charge is -2.09. The summed E-state index contributed by atoms with van der Waals surface area (Å²) in [6.45, 7) is 2.96. The summed E-state index contributed by atoms with van der Waals surface area (Å²) in [5.41, 5.74) is 1.24. The first-order chi connectivity index (χ1) is 12.0. The van der Waals surface area contributed by atoms with Gasteiger partial charge in [-0.1, -0.05) is 24.3 Å². The zero-order valence-electron chi connectivity index (χ0n) is 14.1. The second-order valence-electron chi connectivity index (χ2n) is 5.78. The lowest BCUT2D eigenvalue weighted by Crippen LogP contribution is -2.27. The van der Waals surface area contributed by atoms with Gasteiger partial charge in [-0.2, -0.15) is 0 Å². The van der Waals surface area contributed by atoms with Gasteiger partial charge in [0.25, 0.3) is 11.2 Å². The molecular formula is C18H21N3O4. The van der Waals surface area contributed by atoms with Gasteiger partial charge in [0.2, 0.25) is 5.91 Å². The summed E-state index contributed by atoms with van der Waals surface area (Å²) in [4.78, 5) is 34.1. The van der Waals surface area contributed by atoms with Crippen LogP contribution in [-0.2, 0) is 17.8 Å². The Balaban J connectivity index is 1.76. The van der Waals surface area contributed by atoms with E-state index in [4.69, 9.17) is 0 Å². The Morgan fingerprint density at radius 2 is 1.92 bits per heavy atom. The van der Waals surface area contributed by atoms with Crippen LogP contribution in [0.15, 0.2) is 47.3 Å². The summed E-state index contributed by atoms with van der Waals surface area (Å²) in [5.74, 6) is -0.248. The van der Waals surface area contributed by atoms with E-state index in [1.165, 1.54) is 12.1 Å². The van der Waals surface area contributed by atoms with E-state index in [0.717, 1.165) is 18.5 Å². The number of carbonyl (C=O) groups is 1. The molecule has 7 heteroatoms. The van der Waals surface area contributed by atoms with Crippen molar-refractivity contribution in [2.24, 2.45) is 0 Å². The number of nitro benzene ring substituents is 1. The third kappa shape index (κ3) is 5.27. The molecule has 1 aromatic carbocycles. The second-order valence-corrected chi connectivity index (χ2v) is 5.78. The normalized spacial score (nSPS) is 10.4. The molecule has 25 heavy (non-hydrogen) atoms. The third-order valence-electron chi connectivity index (χ3n) is 3.94. The number of pyridine rings is 1. The Bertz CT molecular complexity index is 814. The third-order valence-corrected chi connectivity index (χ3v) is 3.94. The van der Waals surface area contributed by atoms with E-state index >= 15 is 0 Å². The summed E-state index contributed by atoms with van der Waals surface area (Å²) in [7, 11) is 0. The molecule has 1 aromatic heterocycles. The molecule has 0 bridgehead atoms. The number of hydrogen-bond donors (Lipinski definition) is 1. The molecule has 0 spiro atoms. The van der Waals surface area contributed by atoms with Gasteiger partial charge in [-0.3, -0.25) is 19.7 Å². The van der Waals surface area contributed by atoms with Crippen LogP contribution in [0.5, 0.6) is 0 Å². The summed E-state index contributed by atoms with van der Waals surface area (Å²) in [6, 6.07) is 11.4. The highest BCUT2D eigenvalue weighted by atomic mass is 16.6. The van der Waals surface area contributed by atoms with Crippen molar-refractivity contribution in [3.8, 4) is 0 Å². The molecule has 0 atom stereocenters. The van der Waals surface area contributed by atoms with Crippen molar-refractivity contribution in [1.82, 2.24) is 9.88 Å². The van der Waals surface area contributed by atoms with Crippen molar-refractivity contribution in [2.75, 3.05) is 6.54 Å². The Hall–Kier alpha value is -2.96. The quantitative estimate of drug-likeness (QED) is 0.452. The van der Waals surface area contributed by atoms with Crippen LogP contribution in [0.25, 0.3) is 0 Å². The molecule has 0 saturated carbocycles. The number of nitro groups is 1. The van der Waals surface area contributed by atoms with E-state index in [0.29, 0.717) is 18.7 Å². The van der Waals surface area contributed by atoms with Crippen molar-refractivity contribution < 1.29 is 9.72 Å². The van der Waals surface area contributed by atoms with Gasteiger partial charge < -0.3 is 9.88 Å². The van der Waals surface area contributed by atoms with Crippen LogP contribution in [-0.4, -0.2) is 21.9 Å². The van der Waals surface area contributed by atoms with E-state index in [1.807, 2.05) is 13.0 Å². The number of unbranched alkanes of at least 4 members (excludes halogenated alkanes) is 1. The molecule has 7 nitrogen and oxygen atoms in total. The van der Waals surface area contributed by atoms with E-state index in [1.54, 1.807) is 28.8 Å². The Morgan fingerprint density at radius 1 is 1.16 bits per heavy atom. The van der Waals surface area contributed by atoms with Crippen molar-refractivity contribution in [2.45, 2.75) is 32.7 Å². The van der Waals surface area contributed by atoms with E-state index < -0.39 is 4.92 Å². The smallest absolute Gasteiger partial charge is 0.273 e. The number of para-hydroxylation sites is 1. The number of amides is 1. The van der Waals surface area contributed by atoms with E-state index in [9.17, 15) is 19.7 Å². The van der Waals surface area contributed by atoms with Gasteiger partial charge in [0.15, 0.2) is 0 Å². The zero-order chi connectivity index (χ0) is 18.2. The summed E-state index contributed by atoms with van der Waals surface area (Å²) < 4.78 is 1.70. The molecule has 132 valence electrons. The number of aromatic nitrogens is 1. The molecule has 0 aliphatic rings. The van der Waals surface area contributed by atoms with Crippen LogP contribution in [0, 0.1) is 17.0 Å². The molecule has 2 rings (SSSR count). The fraction of sp³-hybridized carbons (Fsp3) is 0.333. The second kappa shape index (κ2) is 8.77. The number of hydrogen-bond acceptors (Lipinski definition) is 4. The Morgan fingerprint density at radius 3 is 2.64 bits per heavy atom. The van der Waals surface area contributed by atoms with Crippen molar-refractivity contribution >= 4 is 11.6 Å². The van der Waals surface area contributed by atoms with E-state index in [2.05, 4.69) is 5.32 Å². The number of rotatable bonds is 8. The average molecular weight is 343 g/mol. The van der Waals surface area contributed by atoms with Gasteiger partial charge in [0.1, 0.15) is 0 Å². The molecule has 0 radical (unpaired) electrons. The molecule has 2 aromatic rings. The molecule has 0 aliphatic carbocycles. The van der Waals surface area contributed by atoms with Crippen LogP contribution >= 0.6 is 0 Å². The highest BCUT2D eigenvalue weighted by Crippen LogP contribution is 2.17. The number of aryl methyl sites for hydroxylation is 1. The molecule has 0 fully saturated rings. The molecule has 0 saturated heterocycles. The van der Waals surface area contributed by atoms with Crippen molar-refractivity contribution in [3.05, 3.63) is 74.2 Å². The van der Waals surface area contributed by atoms with Gasteiger partial charge in [-0.05, 0) is 25.8 Å². The van der Waals surface area contributed by atoms with Gasteiger partial charge in [0, 0.05) is 36.5 Å². The molecule has 1 amide bonds. The summed E-state index contributed by atoms with van der Waals surface area (Å²) >= 11 is 0. The van der Waals surface area contributed by atoms with Crippen LogP contribution in [0.4, 0.5) is 5.69 Å². The Labute approximate surface area is 145 Å². The highest BCUT2D eigenvalue weighted by Gasteiger charge is 2.15. The van der Waals surface area contributed by atoms with Crippen molar-refractivity contribution in [3.63, 3.8) is 0 Å². The summed E-state index contributed by atoms with van der Waals surface area (Å²) in [6.07, 6.45) is 1.47. The van der Waals surface area contributed by atoms with Crippen LogP contribution in [0.1, 0.15) is 24.1 Å². The van der Waals surface area contributed by atoms with Gasteiger partial charge in [-0.15, -0.1) is 0 Å². The zero-order valence-corrected chi connectivity index (χ0v) is 14.1. The fourth-order valence-corrected chi connectivity index (χ4v) is 2.61. The maximum atomic E-state index is 11.9. The Kier molecular flexibility index (Phi) is 6.45. The molecular weight excluding hydrogens is 322 g/mol. The predicted molar refractivity (Wildman–Crippen MR) is 94.5 cm³/mol. The van der Waals surface area contributed by atoms with Gasteiger partial charge in [0.05, 0.1) is 11.3 Å². The van der Waals surface area contributed by atoms with Crippen LogP contribution in [0.3, 0.4) is 0 Å². The van der Waals surface area contributed by atoms with Gasteiger partial charge >= 0.3 is 0 Å². The van der Waals surface area contributed by atoms with Crippen molar-refractivity contribution in [1.29, 1.82) is 0 Å². The predicted octanol–water partition coefficient (Wildman–Crippen LogP) is 2.20.